The third-order valence-corrected chi connectivity index (χ3v) is 3.02. The fourth-order valence-electron chi connectivity index (χ4n) is 1.88. The molecule has 0 bridgehead atoms. The van der Waals surface area contributed by atoms with Crippen molar-refractivity contribution in [1.82, 2.24) is 5.32 Å². The maximum atomic E-state index is 5.67. The molecular formula is C13H27NO. The normalized spacial score (nSPS) is 23.0. The van der Waals surface area contributed by atoms with Crippen molar-refractivity contribution >= 4 is 0 Å². The Balaban J connectivity index is 1.92. The van der Waals surface area contributed by atoms with E-state index in [1.807, 2.05) is 0 Å². The van der Waals surface area contributed by atoms with Gasteiger partial charge in [-0.25, -0.2) is 0 Å². The molecule has 0 spiro atoms. The molecule has 1 rings (SSSR count). The van der Waals surface area contributed by atoms with E-state index in [4.69, 9.17) is 4.74 Å². The van der Waals surface area contributed by atoms with Gasteiger partial charge in [-0.1, -0.05) is 27.2 Å². The van der Waals surface area contributed by atoms with Gasteiger partial charge < -0.3 is 10.1 Å². The summed E-state index contributed by atoms with van der Waals surface area (Å²) in [6.07, 6.45) is 6.42. The average Bonchev–Trinajstić information content (AvgIpc) is 2.17. The second-order valence-corrected chi connectivity index (χ2v) is 5.86. The Morgan fingerprint density at radius 2 is 2.00 bits per heavy atom. The number of piperidine rings is 1. The second-order valence-electron chi connectivity index (χ2n) is 5.86. The molecule has 2 heteroatoms. The Morgan fingerprint density at radius 1 is 1.20 bits per heavy atom. The van der Waals surface area contributed by atoms with Crippen molar-refractivity contribution in [3.05, 3.63) is 0 Å². The zero-order chi connectivity index (χ0) is 11.1. The summed E-state index contributed by atoms with van der Waals surface area (Å²) in [5.74, 6) is 0. The predicted octanol–water partition coefficient (Wildman–Crippen LogP) is 2.97. The summed E-state index contributed by atoms with van der Waals surface area (Å²) in [5, 5.41) is 3.55. The van der Waals surface area contributed by atoms with E-state index in [9.17, 15) is 0 Å². The number of nitrogens with one attached hydrogen (secondary N) is 1. The first-order chi connectivity index (χ1) is 7.08. The van der Waals surface area contributed by atoms with Crippen molar-refractivity contribution in [1.29, 1.82) is 0 Å². The minimum atomic E-state index is 0.406. The summed E-state index contributed by atoms with van der Waals surface area (Å²) in [6, 6.07) is 0.716. The summed E-state index contributed by atoms with van der Waals surface area (Å²) < 4.78 is 5.67. The van der Waals surface area contributed by atoms with Gasteiger partial charge in [-0.15, -0.1) is 0 Å². The van der Waals surface area contributed by atoms with Crippen LogP contribution in [0.1, 0.15) is 52.9 Å². The summed E-state index contributed by atoms with van der Waals surface area (Å²) in [5.41, 5.74) is 0.406. The summed E-state index contributed by atoms with van der Waals surface area (Å²) in [7, 11) is 0. The van der Waals surface area contributed by atoms with E-state index in [1.54, 1.807) is 0 Å². The van der Waals surface area contributed by atoms with Crippen LogP contribution in [0.2, 0.25) is 0 Å². The van der Waals surface area contributed by atoms with Gasteiger partial charge in [0.15, 0.2) is 0 Å². The van der Waals surface area contributed by atoms with E-state index in [2.05, 4.69) is 26.1 Å². The molecule has 1 aliphatic rings. The molecule has 0 aromatic heterocycles. The Bertz CT molecular complexity index is 156. The topological polar surface area (TPSA) is 21.3 Å². The molecule has 0 aromatic carbocycles. The van der Waals surface area contributed by atoms with Gasteiger partial charge in [-0.2, -0.15) is 0 Å². The van der Waals surface area contributed by atoms with E-state index in [1.165, 1.54) is 32.2 Å². The number of rotatable bonds is 5. The molecule has 90 valence electrons. The van der Waals surface area contributed by atoms with Gasteiger partial charge in [-0.05, 0) is 37.6 Å². The third kappa shape index (κ3) is 6.91. The molecule has 0 saturated carbocycles. The Kier molecular flexibility index (Phi) is 5.62. The molecule has 0 amide bonds. The molecule has 1 fully saturated rings. The third-order valence-electron chi connectivity index (χ3n) is 3.02. The molecule has 1 aliphatic heterocycles. The highest BCUT2D eigenvalue weighted by Crippen LogP contribution is 2.18. The van der Waals surface area contributed by atoms with Crippen LogP contribution in [0.15, 0.2) is 0 Å². The van der Waals surface area contributed by atoms with Gasteiger partial charge >= 0.3 is 0 Å². The summed E-state index contributed by atoms with van der Waals surface area (Å²) in [4.78, 5) is 0. The van der Waals surface area contributed by atoms with Crippen molar-refractivity contribution < 1.29 is 4.74 Å². The van der Waals surface area contributed by atoms with E-state index >= 15 is 0 Å². The lowest BCUT2D eigenvalue weighted by atomic mass is 9.93. The summed E-state index contributed by atoms with van der Waals surface area (Å²) in [6.45, 7) is 9.83. The van der Waals surface area contributed by atoms with Gasteiger partial charge in [0, 0.05) is 19.3 Å². The molecule has 15 heavy (non-hydrogen) atoms. The van der Waals surface area contributed by atoms with Crippen LogP contribution >= 0.6 is 0 Å². The van der Waals surface area contributed by atoms with Crippen LogP contribution in [-0.4, -0.2) is 25.8 Å². The van der Waals surface area contributed by atoms with E-state index < -0.39 is 0 Å². The van der Waals surface area contributed by atoms with Crippen molar-refractivity contribution in [3.63, 3.8) is 0 Å². The highest BCUT2D eigenvalue weighted by atomic mass is 16.5. The van der Waals surface area contributed by atoms with E-state index in [0.717, 1.165) is 19.6 Å². The first-order valence-corrected chi connectivity index (χ1v) is 6.39. The maximum absolute atomic E-state index is 5.67. The minimum Gasteiger partial charge on any atom is -0.381 e. The summed E-state index contributed by atoms with van der Waals surface area (Å²) >= 11 is 0. The molecule has 2 nitrogen and oxygen atoms in total. The van der Waals surface area contributed by atoms with Crippen molar-refractivity contribution in [2.75, 3.05) is 19.8 Å². The fourth-order valence-corrected chi connectivity index (χ4v) is 1.88. The zero-order valence-electron chi connectivity index (χ0n) is 10.6. The van der Waals surface area contributed by atoms with Crippen LogP contribution in [0.5, 0.6) is 0 Å². The monoisotopic (exact) mass is 213 g/mol. The quantitative estimate of drug-likeness (QED) is 0.709. The fraction of sp³-hybridized carbons (Fsp3) is 1.00. The number of hydrogen-bond donors (Lipinski definition) is 1. The molecule has 1 unspecified atom stereocenters. The van der Waals surface area contributed by atoms with Crippen LogP contribution in [0, 0.1) is 5.41 Å². The Morgan fingerprint density at radius 3 is 2.60 bits per heavy atom. The van der Waals surface area contributed by atoms with Crippen molar-refractivity contribution in [3.8, 4) is 0 Å². The predicted molar refractivity (Wildman–Crippen MR) is 65.1 cm³/mol. The number of ether oxygens (including phenoxy) is 1. The highest BCUT2D eigenvalue weighted by Gasteiger charge is 2.12. The van der Waals surface area contributed by atoms with Gasteiger partial charge in [0.05, 0.1) is 0 Å². The Hall–Kier alpha value is -0.0800. The lowest BCUT2D eigenvalue weighted by Crippen LogP contribution is -2.34. The van der Waals surface area contributed by atoms with E-state index in [0.29, 0.717) is 11.5 Å². The second kappa shape index (κ2) is 6.49. The average molecular weight is 213 g/mol. The van der Waals surface area contributed by atoms with Crippen LogP contribution in [0.3, 0.4) is 0 Å². The molecule has 1 atom stereocenters. The van der Waals surface area contributed by atoms with E-state index in [-0.39, 0.29) is 0 Å². The smallest absolute Gasteiger partial charge is 0.0480 e. The Labute approximate surface area is 94.8 Å². The molecule has 0 aliphatic carbocycles. The van der Waals surface area contributed by atoms with Crippen LogP contribution in [-0.2, 0) is 4.74 Å². The lowest BCUT2D eigenvalue weighted by Gasteiger charge is -2.23. The highest BCUT2D eigenvalue weighted by molar-refractivity contribution is 4.71. The van der Waals surface area contributed by atoms with Crippen LogP contribution < -0.4 is 5.32 Å². The van der Waals surface area contributed by atoms with Crippen molar-refractivity contribution in [2.24, 2.45) is 5.41 Å². The van der Waals surface area contributed by atoms with Crippen molar-refractivity contribution in [2.45, 2.75) is 58.9 Å². The molecule has 1 heterocycles. The van der Waals surface area contributed by atoms with Crippen LogP contribution in [0.4, 0.5) is 0 Å². The van der Waals surface area contributed by atoms with Gasteiger partial charge in [-0.3, -0.25) is 0 Å². The van der Waals surface area contributed by atoms with Gasteiger partial charge in [0.2, 0.25) is 0 Å². The lowest BCUT2D eigenvalue weighted by molar-refractivity contribution is 0.0981. The maximum Gasteiger partial charge on any atom is 0.0480 e. The molecule has 1 saturated heterocycles. The number of hydrogen-bond acceptors (Lipinski definition) is 2. The molecular weight excluding hydrogens is 186 g/mol. The minimum absolute atomic E-state index is 0.406. The molecule has 0 aromatic rings. The largest absolute Gasteiger partial charge is 0.381 e. The molecule has 1 N–H and O–H groups in total. The SMILES string of the molecule is CC(C)(C)CCOCCC1CCCCN1. The first-order valence-electron chi connectivity index (χ1n) is 6.39. The standard InChI is InChI=1S/C13H27NO/c1-13(2,3)8-11-15-10-7-12-6-4-5-9-14-12/h12,14H,4-11H2,1-3H3. The van der Waals surface area contributed by atoms with Gasteiger partial charge in [0.25, 0.3) is 0 Å². The molecule has 0 radical (unpaired) electrons. The van der Waals surface area contributed by atoms with Gasteiger partial charge in [0.1, 0.15) is 0 Å². The zero-order valence-corrected chi connectivity index (χ0v) is 10.6. The van der Waals surface area contributed by atoms with Crippen LogP contribution in [0.25, 0.3) is 0 Å². The first kappa shape index (κ1) is 13.0.